The zero-order valence-electron chi connectivity index (χ0n) is 18.6. The number of halogens is 4. The van der Waals surface area contributed by atoms with Gasteiger partial charge >= 0.3 is 6.18 Å². The molecular weight excluding hydrogens is 476 g/mol. The minimum Gasteiger partial charge on any atom is -0.342 e. The van der Waals surface area contributed by atoms with Gasteiger partial charge in [0.1, 0.15) is 18.1 Å². The van der Waals surface area contributed by atoms with Crippen molar-refractivity contribution in [1.29, 1.82) is 0 Å². The Hall–Kier alpha value is -4.47. The van der Waals surface area contributed by atoms with Crippen molar-refractivity contribution in [3.63, 3.8) is 0 Å². The molecule has 0 bridgehead atoms. The van der Waals surface area contributed by atoms with Gasteiger partial charge in [-0.1, -0.05) is 36.4 Å². The Morgan fingerprint density at radius 3 is 2.53 bits per heavy atom. The summed E-state index contributed by atoms with van der Waals surface area (Å²) in [4.78, 5) is 25.6. The molecular formula is C26H18F4N4O2. The van der Waals surface area contributed by atoms with E-state index in [4.69, 9.17) is 0 Å². The summed E-state index contributed by atoms with van der Waals surface area (Å²) in [7, 11) is 0. The molecule has 0 fully saturated rings. The molecule has 0 aliphatic carbocycles. The van der Waals surface area contributed by atoms with E-state index in [0.717, 1.165) is 22.3 Å². The fourth-order valence-electron chi connectivity index (χ4n) is 4.11. The number of nitrogens with zero attached hydrogens (tertiary/aromatic N) is 3. The Morgan fingerprint density at radius 1 is 0.972 bits per heavy atom. The van der Waals surface area contributed by atoms with Gasteiger partial charge in [-0.25, -0.2) is 9.07 Å². The Kier molecular flexibility index (Phi) is 5.79. The molecule has 182 valence electrons. The Morgan fingerprint density at radius 2 is 1.75 bits per heavy atom. The maximum absolute atomic E-state index is 13.7. The molecule has 3 aromatic rings. The number of carbonyl (C=O) groups is 1. The van der Waals surface area contributed by atoms with Crippen LogP contribution in [-0.2, 0) is 24.1 Å². The van der Waals surface area contributed by atoms with Crippen molar-refractivity contribution in [2.75, 3.05) is 5.32 Å². The quantitative estimate of drug-likeness (QED) is 0.344. The van der Waals surface area contributed by atoms with Crippen molar-refractivity contribution in [3.05, 3.63) is 106 Å². The number of hydrogen-bond acceptors (Lipinski definition) is 3. The molecule has 5 rings (SSSR count). The first-order valence-electron chi connectivity index (χ1n) is 10.9. The molecule has 0 saturated heterocycles. The first-order valence-corrected chi connectivity index (χ1v) is 10.9. The largest absolute Gasteiger partial charge is 0.416 e. The van der Waals surface area contributed by atoms with Gasteiger partial charge in [-0.15, -0.1) is 0 Å². The van der Waals surface area contributed by atoms with Crippen molar-refractivity contribution < 1.29 is 22.4 Å². The van der Waals surface area contributed by atoms with Gasteiger partial charge in [-0.05, 0) is 42.0 Å². The van der Waals surface area contributed by atoms with Gasteiger partial charge in [0, 0.05) is 23.8 Å². The molecule has 6 nitrogen and oxygen atoms in total. The second kappa shape index (κ2) is 8.95. The number of fused-ring (bicyclic) bond motifs is 3. The van der Waals surface area contributed by atoms with Crippen LogP contribution in [0.15, 0.2) is 83.8 Å². The maximum Gasteiger partial charge on any atom is 0.416 e. The van der Waals surface area contributed by atoms with Crippen LogP contribution in [0.25, 0.3) is 22.2 Å². The van der Waals surface area contributed by atoms with Crippen LogP contribution in [-0.4, -0.2) is 20.3 Å². The van der Waals surface area contributed by atoms with Crippen LogP contribution in [0.4, 0.5) is 23.2 Å². The number of nitrogens with one attached hydrogen (secondary N) is 1. The lowest BCUT2D eigenvalue weighted by atomic mass is 10.1. The predicted octanol–water partition coefficient (Wildman–Crippen LogP) is 5.15. The van der Waals surface area contributed by atoms with Crippen LogP contribution in [0.3, 0.4) is 0 Å². The highest BCUT2D eigenvalue weighted by Gasteiger charge is 2.30. The van der Waals surface area contributed by atoms with Gasteiger partial charge < -0.3 is 9.88 Å². The minimum absolute atomic E-state index is 0.0441. The molecule has 3 aromatic carbocycles. The minimum atomic E-state index is -4.55. The van der Waals surface area contributed by atoms with E-state index >= 15 is 0 Å². The molecule has 36 heavy (non-hydrogen) atoms. The Bertz CT molecular complexity index is 1620. The fraction of sp³-hybridized carbons (Fsp3) is 0.115. The highest BCUT2D eigenvalue weighted by molar-refractivity contribution is 5.94. The van der Waals surface area contributed by atoms with Gasteiger partial charge in [-0.3, -0.25) is 9.59 Å². The summed E-state index contributed by atoms with van der Waals surface area (Å²) in [6.45, 7) is -0.184. The zero-order chi connectivity index (χ0) is 25.4. The van der Waals surface area contributed by atoms with Crippen molar-refractivity contribution in [3.8, 4) is 11.3 Å². The van der Waals surface area contributed by atoms with Crippen molar-refractivity contribution in [2.45, 2.75) is 19.3 Å². The van der Waals surface area contributed by atoms with Gasteiger partial charge in [0.25, 0.3) is 5.56 Å². The molecule has 1 amide bonds. The number of pyridine rings is 1. The first-order chi connectivity index (χ1) is 17.2. The summed E-state index contributed by atoms with van der Waals surface area (Å²) in [5, 5.41) is 7.38. The molecule has 2 aliphatic heterocycles. The second-order valence-corrected chi connectivity index (χ2v) is 8.26. The number of amides is 1. The fourth-order valence-corrected chi connectivity index (χ4v) is 4.11. The summed E-state index contributed by atoms with van der Waals surface area (Å²) in [5.41, 5.74) is 0.636. The summed E-state index contributed by atoms with van der Waals surface area (Å²) >= 11 is 0. The lowest BCUT2D eigenvalue weighted by Gasteiger charge is -2.14. The molecule has 10 heteroatoms. The van der Waals surface area contributed by atoms with E-state index in [1.165, 1.54) is 24.3 Å². The van der Waals surface area contributed by atoms with E-state index in [1.807, 2.05) is 16.7 Å². The highest BCUT2D eigenvalue weighted by Crippen LogP contribution is 2.31. The molecule has 2 heterocycles. The number of anilines is 1. The normalized spacial score (nSPS) is 11.8. The van der Waals surface area contributed by atoms with E-state index < -0.39 is 29.8 Å². The van der Waals surface area contributed by atoms with Gasteiger partial charge in [0.15, 0.2) is 0 Å². The van der Waals surface area contributed by atoms with Gasteiger partial charge in [0.2, 0.25) is 5.91 Å². The number of aromatic nitrogens is 3. The molecule has 2 aliphatic rings. The van der Waals surface area contributed by atoms with Crippen LogP contribution < -0.4 is 10.9 Å². The molecule has 0 aromatic heterocycles. The third kappa shape index (κ3) is 4.57. The predicted molar refractivity (Wildman–Crippen MR) is 126 cm³/mol. The lowest BCUT2D eigenvalue weighted by molar-refractivity contribution is -0.137. The standard InChI is InChI=1S/C26H18F4N4O2/c27-18-7-3-5-16(11-18)13-33-14-21-24(20-9-1-2-10-22(20)33)32-34(25(21)36)15-23(35)31-19-8-4-6-17(12-19)26(28,29)30/h1-12,14H,13,15H2,(H,31,35). The zero-order valence-corrected chi connectivity index (χ0v) is 18.6. The number of hydrogen-bond donors (Lipinski definition) is 1. The van der Waals surface area contributed by atoms with E-state index in [2.05, 4.69) is 10.4 Å². The van der Waals surface area contributed by atoms with Crippen LogP contribution in [0.2, 0.25) is 0 Å². The number of carbonyl (C=O) groups excluding carboxylic acids is 1. The summed E-state index contributed by atoms with van der Waals surface area (Å²) < 4.78 is 55.3. The van der Waals surface area contributed by atoms with Crippen LogP contribution in [0, 0.1) is 5.82 Å². The van der Waals surface area contributed by atoms with Crippen LogP contribution in [0.1, 0.15) is 11.1 Å². The summed E-state index contributed by atoms with van der Waals surface area (Å²) in [5.74, 6) is -1.07. The molecule has 0 unspecified atom stereocenters. The average Bonchev–Trinajstić information content (AvgIpc) is 3.14. The van der Waals surface area contributed by atoms with Crippen LogP contribution in [0.5, 0.6) is 0 Å². The number of para-hydroxylation sites is 1. The molecule has 1 N–H and O–H groups in total. The second-order valence-electron chi connectivity index (χ2n) is 8.26. The summed E-state index contributed by atoms with van der Waals surface area (Å²) in [6.07, 6.45) is -2.94. The molecule has 0 spiro atoms. The van der Waals surface area contributed by atoms with Crippen LogP contribution >= 0.6 is 0 Å². The van der Waals surface area contributed by atoms with Gasteiger partial charge in [-0.2, -0.15) is 18.3 Å². The van der Waals surface area contributed by atoms with Crippen molar-refractivity contribution >= 4 is 22.5 Å². The SMILES string of the molecule is O=C(Cn1nc2c3ccccc3n(Cc3cccc(F)c3)cc-2c1=O)Nc1cccc(C(F)(F)F)c1. The Labute approximate surface area is 201 Å². The topological polar surface area (TPSA) is 68.9 Å². The number of alkyl halides is 3. The third-order valence-corrected chi connectivity index (χ3v) is 5.70. The third-order valence-electron chi connectivity index (χ3n) is 5.70. The highest BCUT2D eigenvalue weighted by atomic mass is 19.4. The molecule has 0 radical (unpaired) electrons. The monoisotopic (exact) mass is 494 g/mol. The smallest absolute Gasteiger partial charge is 0.342 e. The van der Waals surface area contributed by atoms with Crippen molar-refractivity contribution in [1.82, 2.24) is 14.3 Å². The van der Waals surface area contributed by atoms with E-state index in [-0.39, 0.29) is 17.1 Å². The number of benzene rings is 3. The van der Waals surface area contributed by atoms with E-state index in [0.29, 0.717) is 23.2 Å². The lowest BCUT2D eigenvalue weighted by Crippen LogP contribution is -2.26. The van der Waals surface area contributed by atoms with E-state index in [9.17, 15) is 27.2 Å². The number of rotatable bonds is 5. The molecule has 0 saturated carbocycles. The maximum atomic E-state index is 13.7. The van der Waals surface area contributed by atoms with Gasteiger partial charge in [0.05, 0.1) is 16.6 Å². The average molecular weight is 494 g/mol. The van der Waals surface area contributed by atoms with Crippen molar-refractivity contribution in [2.24, 2.45) is 0 Å². The first kappa shape index (κ1) is 23.3. The Balaban J connectivity index is 1.48. The summed E-state index contributed by atoms with van der Waals surface area (Å²) in [6, 6.07) is 17.6. The molecule has 0 atom stereocenters. The van der Waals surface area contributed by atoms with E-state index in [1.54, 1.807) is 30.5 Å².